The topological polar surface area (TPSA) is 80.8 Å². The van der Waals surface area contributed by atoms with Crippen LogP contribution in [0.25, 0.3) is 0 Å². The Hall–Kier alpha value is -0.900. The molecule has 0 radical (unpaired) electrons. The molecule has 9 heteroatoms. The summed E-state index contributed by atoms with van der Waals surface area (Å²) in [5.41, 5.74) is 0.391. The molecule has 1 N–H and O–H groups in total. The van der Waals surface area contributed by atoms with Gasteiger partial charge >= 0.3 is 0 Å². The zero-order valence-electron chi connectivity index (χ0n) is 13.4. The number of morpholine rings is 1. The van der Waals surface area contributed by atoms with E-state index in [4.69, 9.17) is 9.47 Å². The maximum absolute atomic E-state index is 12.1. The van der Waals surface area contributed by atoms with Crippen molar-refractivity contribution in [3.63, 3.8) is 0 Å². The molecule has 24 heavy (non-hydrogen) atoms. The lowest BCUT2D eigenvalue weighted by Crippen LogP contribution is -2.37. The Morgan fingerprint density at radius 2 is 2.12 bits per heavy atom. The van der Waals surface area contributed by atoms with E-state index >= 15 is 0 Å². The Labute approximate surface area is 150 Å². The number of sulfonamides is 1. The summed E-state index contributed by atoms with van der Waals surface area (Å²) in [5.74, 6) is 0.324. The first-order chi connectivity index (χ1) is 11.5. The SMILES string of the molecule is O=S(=O)(Nc1cc(Br)cnc1OCCCN1CCOCC1)C1CC1. The van der Waals surface area contributed by atoms with Crippen LogP contribution in [-0.4, -0.2) is 63.0 Å². The monoisotopic (exact) mass is 419 g/mol. The lowest BCUT2D eigenvalue weighted by atomic mass is 10.3. The molecular weight excluding hydrogens is 398 g/mol. The number of hydrogen-bond donors (Lipinski definition) is 1. The summed E-state index contributed by atoms with van der Waals surface area (Å²) < 4.78 is 38.6. The van der Waals surface area contributed by atoms with Gasteiger partial charge in [0.15, 0.2) is 0 Å². The van der Waals surface area contributed by atoms with Crippen LogP contribution in [0.1, 0.15) is 19.3 Å². The molecule has 1 aromatic heterocycles. The van der Waals surface area contributed by atoms with E-state index in [1.165, 1.54) is 0 Å². The third-order valence-corrected chi connectivity index (χ3v) is 6.28. The molecule has 2 fully saturated rings. The van der Waals surface area contributed by atoms with Gasteiger partial charge < -0.3 is 9.47 Å². The largest absolute Gasteiger partial charge is 0.476 e. The summed E-state index contributed by atoms with van der Waals surface area (Å²) in [6, 6.07) is 1.68. The fraction of sp³-hybridized carbons (Fsp3) is 0.667. The van der Waals surface area contributed by atoms with E-state index in [-0.39, 0.29) is 5.25 Å². The van der Waals surface area contributed by atoms with Gasteiger partial charge in [-0.1, -0.05) is 0 Å². The Balaban J connectivity index is 1.54. The highest BCUT2D eigenvalue weighted by Crippen LogP contribution is 2.33. The minimum absolute atomic E-state index is 0.286. The summed E-state index contributed by atoms with van der Waals surface area (Å²) in [5, 5.41) is -0.286. The molecule has 2 aliphatic rings. The second kappa shape index (κ2) is 7.99. The van der Waals surface area contributed by atoms with E-state index in [1.54, 1.807) is 12.3 Å². The average Bonchev–Trinajstić information content (AvgIpc) is 3.39. The molecule has 1 saturated heterocycles. The molecule has 134 valence electrons. The molecule has 1 aliphatic carbocycles. The van der Waals surface area contributed by atoms with E-state index in [0.717, 1.165) is 39.3 Å². The van der Waals surface area contributed by atoms with E-state index in [2.05, 4.69) is 30.5 Å². The van der Waals surface area contributed by atoms with Crippen molar-refractivity contribution >= 4 is 31.6 Å². The Morgan fingerprint density at radius 3 is 2.83 bits per heavy atom. The maximum Gasteiger partial charge on any atom is 0.238 e. The van der Waals surface area contributed by atoms with Gasteiger partial charge in [-0.25, -0.2) is 13.4 Å². The van der Waals surface area contributed by atoms with Crippen molar-refractivity contribution < 1.29 is 17.9 Å². The van der Waals surface area contributed by atoms with Crippen molar-refractivity contribution in [1.29, 1.82) is 0 Å². The molecule has 2 heterocycles. The van der Waals surface area contributed by atoms with Crippen molar-refractivity contribution in [2.75, 3.05) is 44.2 Å². The van der Waals surface area contributed by atoms with Crippen LogP contribution in [0, 0.1) is 0 Å². The van der Waals surface area contributed by atoms with Gasteiger partial charge in [0.2, 0.25) is 15.9 Å². The third kappa shape index (κ3) is 5.05. The number of halogens is 1. The van der Waals surface area contributed by atoms with E-state index < -0.39 is 10.0 Å². The molecule has 0 aromatic carbocycles. The zero-order valence-corrected chi connectivity index (χ0v) is 15.8. The van der Waals surface area contributed by atoms with Crippen molar-refractivity contribution in [3.05, 3.63) is 16.7 Å². The molecule has 1 aromatic rings. The van der Waals surface area contributed by atoms with Gasteiger partial charge in [0, 0.05) is 30.3 Å². The highest BCUT2D eigenvalue weighted by molar-refractivity contribution is 9.10. The minimum Gasteiger partial charge on any atom is -0.476 e. The molecule has 0 spiro atoms. The molecule has 1 saturated carbocycles. The highest BCUT2D eigenvalue weighted by atomic mass is 79.9. The molecule has 0 unspecified atom stereocenters. The van der Waals surface area contributed by atoms with E-state index in [0.29, 0.717) is 35.5 Å². The summed E-state index contributed by atoms with van der Waals surface area (Å²) in [6.45, 7) is 4.88. The number of nitrogens with zero attached hydrogens (tertiary/aromatic N) is 2. The van der Waals surface area contributed by atoms with Crippen molar-refractivity contribution in [3.8, 4) is 5.88 Å². The van der Waals surface area contributed by atoms with Crippen LogP contribution >= 0.6 is 15.9 Å². The van der Waals surface area contributed by atoms with E-state index in [9.17, 15) is 8.42 Å². The van der Waals surface area contributed by atoms with Crippen molar-refractivity contribution in [1.82, 2.24) is 9.88 Å². The van der Waals surface area contributed by atoms with Crippen LogP contribution in [0.4, 0.5) is 5.69 Å². The number of hydrogen-bond acceptors (Lipinski definition) is 6. The summed E-state index contributed by atoms with van der Waals surface area (Å²) in [7, 11) is -3.34. The molecule has 1 aliphatic heterocycles. The Bertz CT molecular complexity index is 661. The Morgan fingerprint density at radius 1 is 1.38 bits per heavy atom. The van der Waals surface area contributed by atoms with Crippen LogP contribution in [0.15, 0.2) is 16.7 Å². The normalized spacial score (nSPS) is 19.2. The number of rotatable bonds is 8. The van der Waals surface area contributed by atoms with Gasteiger partial charge in [-0.05, 0) is 41.3 Å². The fourth-order valence-electron chi connectivity index (χ4n) is 2.51. The quantitative estimate of drug-likeness (QED) is 0.647. The number of anilines is 1. The van der Waals surface area contributed by atoms with Crippen LogP contribution in [0.3, 0.4) is 0 Å². The van der Waals surface area contributed by atoms with Crippen LogP contribution in [-0.2, 0) is 14.8 Å². The standard InChI is InChI=1S/C15H22BrN3O4S/c16-12-10-14(18-24(20,21)13-2-3-13)15(17-11-12)23-7-1-4-19-5-8-22-9-6-19/h10-11,13,18H,1-9H2. The predicted octanol–water partition coefficient (Wildman–Crippen LogP) is 1.85. The number of aromatic nitrogens is 1. The maximum atomic E-state index is 12.1. The van der Waals surface area contributed by atoms with Gasteiger partial charge in [-0.2, -0.15) is 0 Å². The van der Waals surface area contributed by atoms with Crippen LogP contribution in [0.5, 0.6) is 5.88 Å². The third-order valence-electron chi connectivity index (χ3n) is 3.99. The second-order valence-corrected chi connectivity index (χ2v) is 8.89. The number of nitrogens with one attached hydrogen (secondary N) is 1. The van der Waals surface area contributed by atoms with Gasteiger partial charge in [-0.15, -0.1) is 0 Å². The summed E-state index contributed by atoms with van der Waals surface area (Å²) in [4.78, 5) is 6.53. The molecular formula is C15H22BrN3O4S. The summed E-state index contributed by atoms with van der Waals surface area (Å²) >= 11 is 3.32. The molecule has 3 rings (SSSR count). The number of ether oxygens (including phenoxy) is 2. The van der Waals surface area contributed by atoms with E-state index in [1.807, 2.05) is 0 Å². The lowest BCUT2D eigenvalue weighted by Gasteiger charge is -2.26. The predicted molar refractivity (Wildman–Crippen MR) is 94.9 cm³/mol. The average molecular weight is 420 g/mol. The van der Waals surface area contributed by atoms with Gasteiger partial charge in [0.25, 0.3) is 0 Å². The summed E-state index contributed by atoms with van der Waals surface area (Å²) in [6.07, 6.45) is 3.89. The lowest BCUT2D eigenvalue weighted by molar-refractivity contribution is 0.0357. The van der Waals surface area contributed by atoms with Crippen molar-refractivity contribution in [2.24, 2.45) is 0 Å². The van der Waals surface area contributed by atoms with Gasteiger partial charge in [0.1, 0.15) is 5.69 Å². The van der Waals surface area contributed by atoms with Gasteiger partial charge in [-0.3, -0.25) is 9.62 Å². The second-order valence-electron chi connectivity index (χ2n) is 6.01. The van der Waals surface area contributed by atoms with Crippen LogP contribution in [0.2, 0.25) is 0 Å². The zero-order chi connectivity index (χ0) is 17.0. The molecule has 0 amide bonds. The molecule has 0 bridgehead atoms. The minimum atomic E-state index is -3.34. The smallest absolute Gasteiger partial charge is 0.238 e. The highest BCUT2D eigenvalue weighted by Gasteiger charge is 2.36. The first-order valence-corrected chi connectivity index (χ1v) is 10.5. The van der Waals surface area contributed by atoms with Gasteiger partial charge in [0.05, 0.1) is 25.1 Å². The molecule has 7 nitrogen and oxygen atoms in total. The van der Waals surface area contributed by atoms with Crippen LogP contribution < -0.4 is 9.46 Å². The first-order valence-electron chi connectivity index (χ1n) is 8.15. The first kappa shape index (κ1) is 17.9. The Kier molecular flexibility index (Phi) is 5.96. The van der Waals surface area contributed by atoms with Crippen molar-refractivity contribution in [2.45, 2.75) is 24.5 Å². The molecule has 0 atom stereocenters. The fourth-order valence-corrected chi connectivity index (χ4v) is 4.22. The number of pyridine rings is 1.